The first-order valence-corrected chi connectivity index (χ1v) is 4.43. The van der Waals surface area contributed by atoms with Crippen molar-refractivity contribution in [3.05, 3.63) is 12.2 Å². The quantitative estimate of drug-likeness (QED) is 0.516. The van der Waals surface area contributed by atoms with E-state index >= 15 is 0 Å². The summed E-state index contributed by atoms with van der Waals surface area (Å²) < 4.78 is 4.83. The lowest BCUT2D eigenvalue weighted by molar-refractivity contribution is -0.141. The Hall–Kier alpha value is -1.32. The second-order valence-electron chi connectivity index (χ2n) is 3.46. The van der Waals surface area contributed by atoms with Crippen LogP contribution in [0.5, 0.6) is 0 Å². The van der Waals surface area contributed by atoms with Gasteiger partial charge in [0, 0.05) is 11.5 Å². The molecule has 1 aliphatic heterocycles. The summed E-state index contributed by atoms with van der Waals surface area (Å²) in [6, 6.07) is 0. The lowest BCUT2D eigenvalue weighted by atomic mass is 10.1. The van der Waals surface area contributed by atoms with Gasteiger partial charge in [-0.1, -0.05) is 13.5 Å². The Bertz CT molecular complexity index is 221. The summed E-state index contributed by atoms with van der Waals surface area (Å²) in [5.41, 5.74) is 0.176. The second-order valence-corrected chi connectivity index (χ2v) is 3.46. The van der Waals surface area contributed by atoms with Crippen molar-refractivity contribution < 1.29 is 19.4 Å². The summed E-state index contributed by atoms with van der Waals surface area (Å²) in [6.07, 6.45) is 0.740. The van der Waals surface area contributed by atoms with Crippen LogP contribution in [-0.2, 0) is 14.3 Å². The minimum absolute atomic E-state index is 0.0509. The van der Waals surface area contributed by atoms with E-state index in [9.17, 15) is 9.59 Å². The zero-order valence-corrected chi connectivity index (χ0v) is 8.74. The van der Waals surface area contributed by atoms with Gasteiger partial charge < -0.3 is 9.84 Å². The van der Waals surface area contributed by atoms with Gasteiger partial charge in [0.1, 0.15) is 6.10 Å². The predicted octanol–water partition coefficient (Wildman–Crippen LogP) is 1.60. The first-order chi connectivity index (χ1) is 6.34. The third kappa shape index (κ3) is 4.64. The van der Waals surface area contributed by atoms with E-state index in [1.54, 1.807) is 0 Å². The van der Waals surface area contributed by atoms with E-state index in [2.05, 4.69) is 6.58 Å². The Morgan fingerprint density at radius 3 is 2.07 bits per heavy atom. The van der Waals surface area contributed by atoms with E-state index in [1.807, 2.05) is 13.8 Å². The first kappa shape index (κ1) is 12.7. The van der Waals surface area contributed by atoms with Gasteiger partial charge in [-0.2, -0.15) is 0 Å². The van der Waals surface area contributed by atoms with Gasteiger partial charge in [0.2, 0.25) is 0 Å². The number of rotatable bonds is 1. The third-order valence-electron chi connectivity index (χ3n) is 1.97. The van der Waals surface area contributed by atoms with Crippen molar-refractivity contribution in [1.29, 1.82) is 0 Å². The molecule has 4 heteroatoms. The van der Waals surface area contributed by atoms with Crippen LogP contribution in [0, 0.1) is 5.92 Å². The van der Waals surface area contributed by atoms with Crippen molar-refractivity contribution >= 4 is 11.9 Å². The average molecular weight is 200 g/mol. The fourth-order valence-corrected chi connectivity index (χ4v) is 0.800. The third-order valence-corrected chi connectivity index (χ3v) is 1.97. The summed E-state index contributed by atoms with van der Waals surface area (Å²) in [5.74, 6) is -0.567. The molecule has 0 bridgehead atoms. The smallest absolute Gasteiger partial charge is 0.330 e. The summed E-state index contributed by atoms with van der Waals surface area (Å²) >= 11 is 0. The van der Waals surface area contributed by atoms with Gasteiger partial charge in [0.05, 0.1) is 6.42 Å². The number of hydrogen-bond donors (Lipinski definition) is 1. The molecule has 4 nitrogen and oxygen atoms in total. The number of carboxylic acid groups (broad SMARTS) is 1. The molecular weight excluding hydrogens is 184 g/mol. The van der Waals surface area contributed by atoms with Gasteiger partial charge >= 0.3 is 11.9 Å². The maximum Gasteiger partial charge on any atom is 0.330 e. The van der Waals surface area contributed by atoms with Gasteiger partial charge in [-0.3, -0.25) is 4.79 Å². The molecule has 2 unspecified atom stereocenters. The van der Waals surface area contributed by atoms with Crippen LogP contribution in [0.4, 0.5) is 0 Å². The summed E-state index contributed by atoms with van der Waals surface area (Å²) in [4.78, 5) is 20.0. The monoisotopic (exact) mass is 200 g/mol. The number of ether oxygens (including phenoxy) is 1. The van der Waals surface area contributed by atoms with Crippen molar-refractivity contribution in [1.82, 2.24) is 0 Å². The predicted molar refractivity (Wildman–Crippen MR) is 51.8 cm³/mol. The normalized spacial score (nSPS) is 24.6. The van der Waals surface area contributed by atoms with Crippen molar-refractivity contribution in [2.24, 2.45) is 5.92 Å². The molecule has 80 valence electrons. The van der Waals surface area contributed by atoms with Gasteiger partial charge in [-0.05, 0) is 13.8 Å². The van der Waals surface area contributed by atoms with Crippen molar-refractivity contribution in [3.8, 4) is 0 Å². The highest BCUT2D eigenvalue weighted by Gasteiger charge is 2.26. The van der Waals surface area contributed by atoms with Crippen LogP contribution < -0.4 is 0 Å². The number of esters is 1. The number of carboxylic acids is 1. The van der Waals surface area contributed by atoms with Crippen LogP contribution in [0.25, 0.3) is 0 Å². The molecule has 1 heterocycles. The van der Waals surface area contributed by atoms with Gasteiger partial charge in [-0.25, -0.2) is 4.79 Å². The van der Waals surface area contributed by atoms with Crippen LogP contribution in [0.2, 0.25) is 0 Å². The number of cyclic esters (lactones) is 1. The van der Waals surface area contributed by atoms with Gasteiger partial charge in [0.15, 0.2) is 0 Å². The van der Waals surface area contributed by atoms with E-state index < -0.39 is 5.97 Å². The van der Waals surface area contributed by atoms with Crippen LogP contribution in [0.1, 0.15) is 27.2 Å². The zero-order chi connectivity index (χ0) is 11.3. The molecule has 1 fully saturated rings. The van der Waals surface area contributed by atoms with E-state index in [0.717, 1.165) is 0 Å². The van der Waals surface area contributed by atoms with Gasteiger partial charge in [0.25, 0.3) is 0 Å². The summed E-state index contributed by atoms with van der Waals surface area (Å²) in [7, 11) is 0. The van der Waals surface area contributed by atoms with Crippen molar-refractivity contribution in [2.45, 2.75) is 33.3 Å². The van der Waals surface area contributed by atoms with Crippen LogP contribution >= 0.6 is 0 Å². The van der Waals surface area contributed by atoms with E-state index in [0.29, 0.717) is 12.3 Å². The van der Waals surface area contributed by atoms with Gasteiger partial charge in [-0.15, -0.1) is 0 Å². The molecule has 2 atom stereocenters. The Morgan fingerprint density at radius 2 is 2.00 bits per heavy atom. The van der Waals surface area contributed by atoms with E-state index in [-0.39, 0.29) is 17.6 Å². The highest BCUT2D eigenvalue weighted by Crippen LogP contribution is 2.19. The highest BCUT2D eigenvalue weighted by molar-refractivity contribution is 5.84. The maximum absolute atomic E-state index is 10.4. The number of carbonyl (C=O) groups excluding carboxylic acids is 1. The minimum atomic E-state index is -0.935. The van der Waals surface area contributed by atoms with Crippen LogP contribution in [0.15, 0.2) is 12.2 Å². The Balaban J connectivity index is 0.000000255. The molecule has 0 aromatic carbocycles. The molecule has 14 heavy (non-hydrogen) atoms. The molecule has 1 saturated heterocycles. The fraction of sp³-hybridized carbons (Fsp3) is 0.600. The number of aliphatic carboxylic acids is 1. The molecule has 0 aliphatic carbocycles. The molecule has 0 amide bonds. The lowest BCUT2D eigenvalue weighted by Gasteiger charge is -2.03. The lowest BCUT2D eigenvalue weighted by Crippen LogP contribution is -2.06. The molecule has 1 aliphatic rings. The Morgan fingerprint density at radius 1 is 1.57 bits per heavy atom. The number of carbonyl (C=O) groups is 2. The molecule has 1 N–H and O–H groups in total. The molecular formula is C10H16O4. The van der Waals surface area contributed by atoms with Crippen LogP contribution in [-0.4, -0.2) is 23.1 Å². The first-order valence-electron chi connectivity index (χ1n) is 4.43. The average Bonchev–Trinajstić information content (AvgIpc) is 2.30. The second kappa shape index (κ2) is 5.42. The Labute approximate surface area is 83.6 Å². The molecule has 1 rings (SSSR count). The highest BCUT2D eigenvalue weighted by atomic mass is 16.5. The largest absolute Gasteiger partial charge is 0.478 e. The molecule has 0 radical (unpaired) electrons. The maximum atomic E-state index is 10.4. The fourth-order valence-electron chi connectivity index (χ4n) is 0.800. The number of hydrogen-bond acceptors (Lipinski definition) is 3. The zero-order valence-electron chi connectivity index (χ0n) is 8.74. The molecule has 0 spiro atoms. The SMILES string of the molecule is C=C(C)C(=O)O.CC1CC(=O)OC1C. The van der Waals surface area contributed by atoms with E-state index in [4.69, 9.17) is 9.84 Å². The van der Waals surface area contributed by atoms with Crippen LogP contribution in [0.3, 0.4) is 0 Å². The standard InChI is InChI=1S/C6H10O2.C4H6O2/c1-4-3-6(7)8-5(4)2;1-3(2)4(5)6/h4-5H,3H2,1-2H3;1H2,2H3,(H,5,6). The Kier molecular flexibility index (Phi) is 4.91. The molecule has 0 aromatic rings. The van der Waals surface area contributed by atoms with Crippen molar-refractivity contribution in [3.63, 3.8) is 0 Å². The summed E-state index contributed by atoms with van der Waals surface area (Å²) in [5, 5.41) is 7.89. The topological polar surface area (TPSA) is 63.6 Å². The molecule has 0 saturated carbocycles. The molecule has 0 aromatic heterocycles. The summed E-state index contributed by atoms with van der Waals surface area (Å²) in [6.45, 7) is 8.55. The minimum Gasteiger partial charge on any atom is -0.478 e. The van der Waals surface area contributed by atoms with Crippen molar-refractivity contribution in [2.75, 3.05) is 0 Å². The van der Waals surface area contributed by atoms with E-state index in [1.165, 1.54) is 6.92 Å².